The Hall–Kier alpha value is -1.93. The van der Waals surface area contributed by atoms with Crippen LogP contribution < -0.4 is 4.72 Å². The molecule has 3 aromatic heterocycles. The maximum atomic E-state index is 12.2. The van der Waals surface area contributed by atoms with Crippen LogP contribution in [0.25, 0.3) is 16.7 Å². The lowest BCUT2D eigenvalue weighted by molar-refractivity contribution is 0.444. The molecular weight excluding hydrogens is 362 g/mol. The van der Waals surface area contributed by atoms with Crippen molar-refractivity contribution in [3.05, 3.63) is 30.5 Å². The number of hydrogen-bond donors (Lipinski definition) is 2. The van der Waals surface area contributed by atoms with Gasteiger partial charge in [-0.05, 0) is 43.6 Å². The topological polar surface area (TPSA) is 92.2 Å². The Morgan fingerprint density at radius 1 is 1.26 bits per heavy atom. The average Bonchev–Trinajstić information content (AvgIpc) is 3.11. The second-order valence-electron chi connectivity index (χ2n) is 8.05. The minimum atomic E-state index is -3.11. The van der Waals surface area contributed by atoms with Crippen LogP contribution in [0.2, 0.25) is 0 Å². The van der Waals surface area contributed by atoms with Crippen LogP contribution in [0.15, 0.2) is 24.7 Å². The largest absolute Gasteiger partial charge is 0.345 e. The Balaban J connectivity index is 1.42. The molecule has 8 heteroatoms. The van der Waals surface area contributed by atoms with Crippen LogP contribution in [-0.4, -0.2) is 39.6 Å². The molecule has 0 spiro atoms. The summed E-state index contributed by atoms with van der Waals surface area (Å²) in [4.78, 5) is 12.4. The molecule has 0 saturated heterocycles. The molecule has 0 radical (unpaired) electrons. The first-order valence-corrected chi connectivity index (χ1v) is 11.4. The van der Waals surface area contributed by atoms with Crippen molar-refractivity contribution in [1.29, 1.82) is 0 Å². The van der Waals surface area contributed by atoms with E-state index in [-0.39, 0.29) is 5.25 Å². The highest BCUT2D eigenvalue weighted by Crippen LogP contribution is 2.44. The zero-order valence-electron chi connectivity index (χ0n) is 15.4. The molecule has 3 aromatic rings. The molecule has 2 aliphatic carbocycles. The highest BCUT2D eigenvalue weighted by atomic mass is 32.2. The molecule has 0 bridgehead atoms. The summed E-state index contributed by atoms with van der Waals surface area (Å²) in [7, 11) is -3.11. The summed E-state index contributed by atoms with van der Waals surface area (Å²) in [6, 6.07) is 2.04. The van der Waals surface area contributed by atoms with E-state index in [1.165, 1.54) is 0 Å². The van der Waals surface area contributed by atoms with E-state index < -0.39 is 10.0 Å². The number of fused-ring (bicyclic) bond motifs is 3. The number of imidazole rings is 1. The van der Waals surface area contributed by atoms with E-state index in [9.17, 15) is 8.42 Å². The van der Waals surface area contributed by atoms with E-state index in [0.717, 1.165) is 54.6 Å². The molecule has 2 saturated carbocycles. The number of aromatic nitrogens is 4. The van der Waals surface area contributed by atoms with E-state index in [2.05, 4.69) is 26.0 Å². The number of sulfonamides is 1. The lowest BCUT2D eigenvalue weighted by atomic mass is 9.93. The van der Waals surface area contributed by atoms with Crippen molar-refractivity contribution < 1.29 is 8.42 Å². The molecule has 27 heavy (non-hydrogen) atoms. The summed E-state index contributed by atoms with van der Waals surface area (Å²) < 4.78 is 29.4. The van der Waals surface area contributed by atoms with Gasteiger partial charge < -0.3 is 4.98 Å². The van der Waals surface area contributed by atoms with E-state index >= 15 is 0 Å². The molecule has 0 aromatic carbocycles. The van der Waals surface area contributed by atoms with E-state index in [0.29, 0.717) is 24.3 Å². The summed E-state index contributed by atoms with van der Waals surface area (Å²) >= 11 is 0. The Kier molecular flexibility index (Phi) is 4.01. The fourth-order valence-electron chi connectivity index (χ4n) is 4.67. The van der Waals surface area contributed by atoms with Gasteiger partial charge in [0.15, 0.2) is 5.65 Å². The minimum absolute atomic E-state index is 0.151. The predicted molar refractivity (Wildman–Crippen MR) is 104 cm³/mol. The van der Waals surface area contributed by atoms with Crippen molar-refractivity contribution in [2.75, 3.05) is 6.54 Å². The van der Waals surface area contributed by atoms with E-state index in [1.54, 1.807) is 0 Å². The van der Waals surface area contributed by atoms with Crippen LogP contribution >= 0.6 is 0 Å². The molecule has 2 N–H and O–H groups in total. The van der Waals surface area contributed by atoms with Crippen molar-refractivity contribution in [1.82, 2.24) is 24.1 Å². The minimum Gasteiger partial charge on any atom is -0.345 e. The Morgan fingerprint density at radius 2 is 2.07 bits per heavy atom. The smallest absolute Gasteiger partial charge is 0.214 e. The Morgan fingerprint density at radius 3 is 2.85 bits per heavy atom. The summed E-state index contributed by atoms with van der Waals surface area (Å²) in [5.41, 5.74) is 2.92. The van der Waals surface area contributed by atoms with E-state index in [1.807, 2.05) is 24.7 Å². The zero-order chi connectivity index (χ0) is 18.6. The highest BCUT2D eigenvalue weighted by molar-refractivity contribution is 7.90. The molecule has 0 amide bonds. The molecular formula is C19H25N5O2S. The fourth-order valence-corrected chi connectivity index (χ4v) is 6.13. The highest BCUT2D eigenvalue weighted by Gasteiger charge is 2.39. The van der Waals surface area contributed by atoms with Gasteiger partial charge >= 0.3 is 0 Å². The van der Waals surface area contributed by atoms with Gasteiger partial charge in [0.05, 0.1) is 28.7 Å². The van der Waals surface area contributed by atoms with Crippen molar-refractivity contribution in [2.24, 2.45) is 11.8 Å². The first-order valence-electron chi connectivity index (χ1n) is 9.84. The summed E-state index contributed by atoms with van der Waals surface area (Å²) in [6.07, 6.45) is 10.4. The summed E-state index contributed by atoms with van der Waals surface area (Å²) in [5.74, 6) is 2.31. The van der Waals surface area contributed by atoms with Crippen molar-refractivity contribution in [3.63, 3.8) is 0 Å². The normalized spacial score (nSPS) is 26.3. The van der Waals surface area contributed by atoms with Crippen LogP contribution in [-0.2, 0) is 10.0 Å². The molecule has 0 aliphatic heterocycles. The first-order chi connectivity index (χ1) is 13.1. The lowest BCUT2D eigenvalue weighted by Crippen LogP contribution is -2.31. The Labute approximate surface area is 158 Å². The second kappa shape index (κ2) is 6.31. The van der Waals surface area contributed by atoms with Crippen LogP contribution in [0.3, 0.4) is 0 Å². The van der Waals surface area contributed by atoms with Gasteiger partial charge in [-0.1, -0.05) is 13.3 Å². The first kappa shape index (κ1) is 17.2. The SMILES string of the molecule is CC[C@@H]1C[C@H](CNS(=O)(=O)C2CC2)C[C@@H]1c1ncc2cnc3[nH]ccc3n12. The van der Waals surface area contributed by atoms with Crippen LogP contribution in [0, 0.1) is 11.8 Å². The van der Waals surface area contributed by atoms with Crippen molar-refractivity contribution >= 4 is 26.7 Å². The number of nitrogens with one attached hydrogen (secondary N) is 2. The van der Waals surface area contributed by atoms with Gasteiger partial charge in [-0.3, -0.25) is 4.40 Å². The second-order valence-corrected chi connectivity index (χ2v) is 10.1. The third kappa shape index (κ3) is 2.95. The van der Waals surface area contributed by atoms with E-state index in [4.69, 9.17) is 4.98 Å². The van der Waals surface area contributed by atoms with Crippen molar-refractivity contribution in [2.45, 2.75) is 50.2 Å². The molecule has 2 fully saturated rings. The number of H-pyrrole nitrogens is 1. The van der Waals surface area contributed by atoms with Gasteiger partial charge in [0.2, 0.25) is 10.0 Å². The van der Waals surface area contributed by atoms with Gasteiger partial charge in [0.25, 0.3) is 0 Å². The molecule has 2 aliphatic rings. The number of nitrogens with zero attached hydrogens (tertiary/aromatic N) is 3. The molecule has 5 rings (SSSR count). The monoisotopic (exact) mass is 387 g/mol. The zero-order valence-corrected chi connectivity index (χ0v) is 16.2. The quantitative estimate of drug-likeness (QED) is 0.680. The molecule has 144 valence electrons. The number of hydrogen-bond acceptors (Lipinski definition) is 4. The summed E-state index contributed by atoms with van der Waals surface area (Å²) in [6.45, 7) is 2.77. The third-order valence-corrected chi connectivity index (χ3v) is 8.19. The molecule has 3 heterocycles. The van der Waals surface area contributed by atoms with Crippen LogP contribution in [0.4, 0.5) is 0 Å². The maximum Gasteiger partial charge on any atom is 0.214 e. The number of aromatic amines is 1. The van der Waals surface area contributed by atoms with Crippen LogP contribution in [0.1, 0.15) is 50.8 Å². The predicted octanol–water partition coefficient (Wildman–Crippen LogP) is 2.81. The summed E-state index contributed by atoms with van der Waals surface area (Å²) in [5, 5.41) is -0.151. The van der Waals surface area contributed by atoms with Gasteiger partial charge in [-0.15, -0.1) is 0 Å². The van der Waals surface area contributed by atoms with Gasteiger partial charge in [0, 0.05) is 18.7 Å². The third-order valence-electron chi connectivity index (χ3n) is 6.27. The van der Waals surface area contributed by atoms with Crippen molar-refractivity contribution in [3.8, 4) is 0 Å². The Bertz CT molecular complexity index is 1080. The van der Waals surface area contributed by atoms with Gasteiger partial charge in [-0.2, -0.15) is 0 Å². The van der Waals surface area contributed by atoms with Gasteiger partial charge in [0.1, 0.15) is 5.82 Å². The number of rotatable bonds is 6. The van der Waals surface area contributed by atoms with Gasteiger partial charge in [-0.25, -0.2) is 23.1 Å². The standard InChI is InChI=1S/C19H25N5O2S/c1-2-13-7-12(9-23-27(25,26)15-3-4-15)8-16(13)19-22-11-14-10-21-18-17(24(14)19)5-6-20-18/h5-6,10-13,15-16,20,23H,2-4,7-9H2,1H3/t12-,13+,16-/m0/s1. The maximum absolute atomic E-state index is 12.2. The molecule has 0 unspecified atom stereocenters. The fraction of sp³-hybridized carbons (Fsp3) is 0.579. The molecule has 7 nitrogen and oxygen atoms in total. The van der Waals surface area contributed by atoms with Crippen LogP contribution in [0.5, 0.6) is 0 Å². The average molecular weight is 388 g/mol. The lowest BCUT2D eigenvalue weighted by Gasteiger charge is -2.17. The molecule has 3 atom stereocenters.